The lowest BCUT2D eigenvalue weighted by atomic mass is 10.3. The van der Waals surface area contributed by atoms with Crippen molar-refractivity contribution in [2.45, 2.75) is 0 Å². The lowest BCUT2D eigenvalue weighted by Crippen LogP contribution is -2.46. The molecule has 0 N–H and O–H groups in total. The van der Waals surface area contributed by atoms with Gasteiger partial charge in [0.15, 0.2) is 5.13 Å². The van der Waals surface area contributed by atoms with Crippen LogP contribution in [0.3, 0.4) is 0 Å². The Kier molecular flexibility index (Phi) is 3.29. The Labute approximate surface area is 114 Å². The molecule has 0 bridgehead atoms. The van der Waals surface area contributed by atoms with Gasteiger partial charge >= 0.3 is 0 Å². The monoisotopic (exact) mass is 281 g/mol. The normalized spacial score (nSPS) is 16.1. The smallest absolute Gasteiger partial charge is 0.224 e. The van der Waals surface area contributed by atoms with Gasteiger partial charge in [0.1, 0.15) is 5.82 Å². The molecular formula is C11H12ClN5S. The Hall–Kier alpha value is -1.40. The maximum absolute atomic E-state index is 5.81. The van der Waals surface area contributed by atoms with Gasteiger partial charge in [-0.25, -0.2) is 15.0 Å². The summed E-state index contributed by atoms with van der Waals surface area (Å²) in [5.41, 5.74) is 0. The number of piperazine rings is 1. The molecule has 0 aliphatic carbocycles. The molecule has 5 nitrogen and oxygen atoms in total. The molecule has 2 aromatic heterocycles. The highest BCUT2D eigenvalue weighted by Crippen LogP contribution is 2.21. The molecular weight excluding hydrogens is 270 g/mol. The molecule has 0 spiro atoms. The highest BCUT2D eigenvalue weighted by atomic mass is 35.5. The quantitative estimate of drug-likeness (QED) is 0.787. The highest BCUT2D eigenvalue weighted by molar-refractivity contribution is 7.13. The zero-order valence-electron chi connectivity index (χ0n) is 9.66. The molecule has 3 heterocycles. The second kappa shape index (κ2) is 5.07. The van der Waals surface area contributed by atoms with Crippen LogP contribution in [0.1, 0.15) is 0 Å². The molecule has 18 heavy (non-hydrogen) atoms. The van der Waals surface area contributed by atoms with Gasteiger partial charge in [-0.2, -0.15) is 0 Å². The maximum atomic E-state index is 5.81. The molecule has 2 aromatic rings. The van der Waals surface area contributed by atoms with Crippen molar-refractivity contribution in [3.8, 4) is 0 Å². The van der Waals surface area contributed by atoms with Gasteiger partial charge in [-0.1, -0.05) is 0 Å². The van der Waals surface area contributed by atoms with Crippen LogP contribution in [0.5, 0.6) is 0 Å². The summed E-state index contributed by atoms with van der Waals surface area (Å²) in [6.07, 6.45) is 3.54. The van der Waals surface area contributed by atoms with E-state index in [0.29, 0.717) is 5.28 Å². The Bertz CT molecular complexity index is 510. The summed E-state index contributed by atoms with van der Waals surface area (Å²) in [6, 6.07) is 1.89. The van der Waals surface area contributed by atoms with Gasteiger partial charge in [0, 0.05) is 44.0 Å². The van der Waals surface area contributed by atoms with Crippen molar-refractivity contribution in [3.05, 3.63) is 29.1 Å². The summed E-state index contributed by atoms with van der Waals surface area (Å²) in [5, 5.41) is 3.40. The number of halogens is 1. The molecule has 7 heteroatoms. The zero-order valence-corrected chi connectivity index (χ0v) is 11.2. The van der Waals surface area contributed by atoms with E-state index >= 15 is 0 Å². The fourth-order valence-electron chi connectivity index (χ4n) is 2.00. The van der Waals surface area contributed by atoms with Gasteiger partial charge < -0.3 is 9.80 Å². The van der Waals surface area contributed by atoms with E-state index in [1.165, 1.54) is 0 Å². The van der Waals surface area contributed by atoms with E-state index in [-0.39, 0.29) is 0 Å². The van der Waals surface area contributed by atoms with Crippen LogP contribution in [-0.4, -0.2) is 41.1 Å². The zero-order chi connectivity index (χ0) is 12.4. The number of aromatic nitrogens is 3. The molecule has 94 valence electrons. The minimum atomic E-state index is 0.301. The second-order valence-electron chi connectivity index (χ2n) is 3.97. The Morgan fingerprint density at radius 3 is 2.50 bits per heavy atom. The van der Waals surface area contributed by atoms with Gasteiger partial charge in [0.2, 0.25) is 5.28 Å². The van der Waals surface area contributed by atoms with Crippen LogP contribution in [0.4, 0.5) is 10.9 Å². The highest BCUT2D eigenvalue weighted by Gasteiger charge is 2.19. The Morgan fingerprint density at radius 1 is 1.06 bits per heavy atom. The van der Waals surface area contributed by atoms with Crippen LogP contribution in [0.2, 0.25) is 5.28 Å². The van der Waals surface area contributed by atoms with Gasteiger partial charge in [-0.3, -0.25) is 0 Å². The number of hydrogen-bond donors (Lipinski definition) is 0. The van der Waals surface area contributed by atoms with Crippen LogP contribution >= 0.6 is 22.9 Å². The molecule has 0 unspecified atom stereocenters. The van der Waals surface area contributed by atoms with Crippen LogP contribution < -0.4 is 9.80 Å². The fraction of sp³-hybridized carbons (Fsp3) is 0.364. The molecule has 0 radical (unpaired) electrons. The van der Waals surface area contributed by atoms with Crippen molar-refractivity contribution in [1.82, 2.24) is 15.0 Å². The maximum Gasteiger partial charge on any atom is 0.224 e. The summed E-state index contributed by atoms with van der Waals surface area (Å²) in [5.74, 6) is 0.897. The molecule has 0 amide bonds. The van der Waals surface area contributed by atoms with E-state index < -0.39 is 0 Å². The SMILES string of the molecule is Clc1nccc(N2CCN(c3nccs3)CC2)n1. The van der Waals surface area contributed by atoms with Crippen LogP contribution in [0.15, 0.2) is 23.8 Å². The van der Waals surface area contributed by atoms with Gasteiger partial charge in [0.25, 0.3) is 0 Å². The summed E-state index contributed by atoms with van der Waals surface area (Å²) < 4.78 is 0. The Balaban J connectivity index is 1.67. The average Bonchev–Trinajstić information content (AvgIpc) is 2.93. The minimum Gasteiger partial charge on any atom is -0.353 e. The number of nitrogens with zero attached hydrogens (tertiary/aromatic N) is 5. The first-order valence-electron chi connectivity index (χ1n) is 5.71. The van der Waals surface area contributed by atoms with E-state index in [4.69, 9.17) is 11.6 Å². The lowest BCUT2D eigenvalue weighted by Gasteiger charge is -2.35. The van der Waals surface area contributed by atoms with Crippen LogP contribution in [-0.2, 0) is 0 Å². The molecule has 1 aliphatic rings. The van der Waals surface area contributed by atoms with Crippen molar-refractivity contribution < 1.29 is 0 Å². The number of rotatable bonds is 2. The number of thiazole rings is 1. The molecule has 0 aromatic carbocycles. The predicted molar refractivity (Wildman–Crippen MR) is 73.6 cm³/mol. The molecule has 1 saturated heterocycles. The fourth-order valence-corrected chi connectivity index (χ4v) is 2.84. The van der Waals surface area contributed by atoms with Crippen LogP contribution in [0, 0.1) is 0 Å². The van der Waals surface area contributed by atoms with Crippen molar-refractivity contribution in [1.29, 1.82) is 0 Å². The van der Waals surface area contributed by atoms with Crippen molar-refractivity contribution in [3.63, 3.8) is 0 Å². The van der Waals surface area contributed by atoms with Crippen molar-refractivity contribution >= 4 is 33.9 Å². The largest absolute Gasteiger partial charge is 0.353 e. The third-order valence-electron chi connectivity index (χ3n) is 2.90. The van der Waals surface area contributed by atoms with E-state index in [2.05, 4.69) is 24.8 Å². The van der Waals surface area contributed by atoms with E-state index in [0.717, 1.165) is 37.1 Å². The third kappa shape index (κ3) is 2.39. The predicted octanol–water partition coefficient (Wildman–Crippen LogP) is 1.91. The molecule has 3 rings (SSSR count). The summed E-state index contributed by atoms with van der Waals surface area (Å²) in [7, 11) is 0. The van der Waals surface area contributed by atoms with E-state index in [1.807, 2.05) is 17.6 Å². The topological polar surface area (TPSA) is 45.2 Å². The summed E-state index contributed by atoms with van der Waals surface area (Å²) in [4.78, 5) is 17.0. The summed E-state index contributed by atoms with van der Waals surface area (Å²) >= 11 is 7.48. The van der Waals surface area contributed by atoms with Crippen molar-refractivity contribution in [2.24, 2.45) is 0 Å². The average molecular weight is 282 g/mol. The second-order valence-corrected chi connectivity index (χ2v) is 5.18. The first-order chi connectivity index (χ1) is 8.83. The van der Waals surface area contributed by atoms with Crippen molar-refractivity contribution in [2.75, 3.05) is 36.0 Å². The third-order valence-corrected chi connectivity index (χ3v) is 3.92. The Morgan fingerprint density at radius 2 is 1.83 bits per heavy atom. The van der Waals surface area contributed by atoms with Gasteiger partial charge in [-0.15, -0.1) is 11.3 Å². The molecule has 0 atom stereocenters. The molecule has 1 fully saturated rings. The van der Waals surface area contributed by atoms with Crippen LogP contribution in [0.25, 0.3) is 0 Å². The van der Waals surface area contributed by atoms with Gasteiger partial charge in [-0.05, 0) is 17.7 Å². The first-order valence-corrected chi connectivity index (χ1v) is 6.96. The molecule has 1 aliphatic heterocycles. The first kappa shape index (κ1) is 11.7. The van der Waals surface area contributed by atoms with E-state index in [9.17, 15) is 0 Å². The standard InChI is InChI=1S/C11H12ClN5S/c12-10-13-2-1-9(15-10)16-4-6-17(7-5-16)11-14-3-8-18-11/h1-3,8H,4-7H2. The lowest BCUT2D eigenvalue weighted by molar-refractivity contribution is 0.645. The number of hydrogen-bond acceptors (Lipinski definition) is 6. The summed E-state index contributed by atoms with van der Waals surface area (Å²) in [6.45, 7) is 3.75. The van der Waals surface area contributed by atoms with Gasteiger partial charge in [0.05, 0.1) is 0 Å². The van der Waals surface area contributed by atoms with E-state index in [1.54, 1.807) is 17.5 Å². The minimum absolute atomic E-state index is 0.301. The molecule has 0 saturated carbocycles. The number of anilines is 2.